The van der Waals surface area contributed by atoms with Gasteiger partial charge in [-0.3, -0.25) is 4.79 Å². The summed E-state index contributed by atoms with van der Waals surface area (Å²) < 4.78 is 0. The minimum Gasteiger partial charge on any atom is -0.478 e. The Morgan fingerprint density at radius 1 is 1.44 bits per heavy atom. The Morgan fingerprint density at radius 2 is 2.11 bits per heavy atom. The number of carbonyl (C=O) groups excluding carboxylic acids is 1. The van der Waals surface area contributed by atoms with Gasteiger partial charge in [-0.1, -0.05) is 27.2 Å². The summed E-state index contributed by atoms with van der Waals surface area (Å²) in [6, 6.07) is 1.63. The summed E-state index contributed by atoms with van der Waals surface area (Å²) in [5, 5.41) is 12.2. The molecular formula is C13H19NO3S. The lowest BCUT2D eigenvalue weighted by molar-refractivity contribution is -0.116. The quantitative estimate of drug-likeness (QED) is 0.832. The van der Waals surface area contributed by atoms with Crippen LogP contribution in [0.25, 0.3) is 0 Å². The van der Waals surface area contributed by atoms with Crippen LogP contribution < -0.4 is 5.32 Å². The van der Waals surface area contributed by atoms with Crippen molar-refractivity contribution in [1.82, 2.24) is 0 Å². The van der Waals surface area contributed by atoms with Crippen LogP contribution in [0.4, 0.5) is 5.00 Å². The number of rotatable bonds is 6. The molecule has 5 heteroatoms. The first-order valence-electron chi connectivity index (χ1n) is 6.13. The summed E-state index contributed by atoms with van der Waals surface area (Å²) in [4.78, 5) is 23.8. The van der Waals surface area contributed by atoms with Crippen LogP contribution in [-0.2, 0) is 11.2 Å². The standard InChI is InChI=1S/C13H19NO3S/c1-4-8(3)6-11(15)14-12-10(13(16)17)7-9(5-2)18-12/h7-8H,4-6H2,1-3H3,(H,14,15)(H,16,17). The van der Waals surface area contributed by atoms with Gasteiger partial charge in [-0.05, 0) is 18.4 Å². The molecule has 0 saturated heterocycles. The Bertz CT molecular complexity index is 439. The van der Waals surface area contributed by atoms with Gasteiger partial charge in [0.25, 0.3) is 0 Å². The molecule has 1 aromatic rings. The van der Waals surface area contributed by atoms with E-state index in [4.69, 9.17) is 5.11 Å². The van der Waals surface area contributed by atoms with E-state index in [0.29, 0.717) is 17.3 Å². The van der Waals surface area contributed by atoms with Crippen molar-refractivity contribution in [3.63, 3.8) is 0 Å². The summed E-state index contributed by atoms with van der Waals surface area (Å²) in [6.07, 6.45) is 2.13. The first kappa shape index (κ1) is 14.7. The van der Waals surface area contributed by atoms with E-state index in [9.17, 15) is 9.59 Å². The van der Waals surface area contributed by atoms with Crippen LogP contribution in [-0.4, -0.2) is 17.0 Å². The van der Waals surface area contributed by atoms with E-state index in [0.717, 1.165) is 17.7 Å². The van der Waals surface area contributed by atoms with Crippen LogP contribution >= 0.6 is 11.3 Å². The highest BCUT2D eigenvalue weighted by atomic mass is 32.1. The number of hydrogen-bond acceptors (Lipinski definition) is 3. The lowest BCUT2D eigenvalue weighted by Gasteiger charge is -2.08. The van der Waals surface area contributed by atoms with E-state index < -0.39 is 5.97 Å². The largest absolute Gasteiger partial charge is 0.478 e. The van der Waals surface area contributed by atoms with Crippen LogP contribution in [0.2, 0.25) is 0 Å². The number of carboxylic acids is 1. The van der Waals surface area contributed by atoms with Crippen molar-refractivity contribution in [3.05, 3.63) is 16.5 Å². The third-order valence-electron chi connectivity index (χ3n) is 2.85. The molecule has 0 radical (unpaired) electrons. The Hall–Kier alpha value is -1.36. The first-order valence-corrected chi connectivity index (χ1v) is 6.95. The van der Waals surface area contributed by atoms with Gasteiger partial charge in [0.1, 0.15) is 5.00 Å². The van der Waals surface area contributed by atoms with Crippen molar-refractivity contribution in [3.8, 4) is 0 Å². The molecule has 0 fully saturated rings. The lowest BCUT2D eigenvalue weighted by Crippen LogP contribution is -2.15. The number of hydrogen-bond donors (Lipinski definition) is 2. The fourth-order valence-corrected chi connectivity index (χ4v) is 2.51. The van der Waals surface area contributed by atoms with Crippen LogP contribution in [0, 0.1) is 5.92 Å². The molecule has 1 atom stereocenters. The summed E-state index contributed by atoms with van der Waals surface area (Å²) in [7, 11) is 0. The summed E-state index contributed by atoms with van der Waals surface area (Å²) >= 11 is 1.34. The molecule has 100 valence electrons. The fourth-order valence-electron chi connectivity index (χ4n) is 1.51. The maximum absolute atomic E-state index is 11.8. The number of thiophene rings is 1. The van der Waals surface area contributed by atoms with Crippen LogP contribution in [0.1, 0.15) is 48.8 Å². The van der Waals surface area contributed by atoms with Gasteiger partial charge in [0.15, 0.2) is 0 Å². The van der Waals surface area contributed by atoms with Gasteiger partial charge >= 0.3 is 5.97 Å². The second-order valence-electron chi connectivity index (χ2n) is 4.38. The van der Waals surface area contributed by atoms with Gasteiger partial charge < -0.3 is 10.4 Å². The predicted octanol–water partition coefficient (Wildman–Crippen LogP) is 3.38. The third kappa shape index (κ3) is 3.84. The van der Waals surface area contributed by atoms with Gasteiger partial charge in [0.2, 0.25) is 5.91 Å². The lowest BCUT2D eigenvalue weighted by atomic mass is 10.1. The molecule has 1 amide bonds. The van der Waals surface area contributed by atoms with Gasteiger partial charge in [0, 0.05) is 11.3 Å². The first-order chi connectivity index (χ1) is 8.47. The third-order valence-corrected chi connectivity index (χ3v) is 4.04. The van der Waals surface area contributed by atoms with E-state index in [2.05, 4.69) is 5.32 Å². The Kier molecular flexibility index (Phi) is 5.34. The maximum atomic E-state index is 11.8. The molecule has 0 spiro atoms. The van der Waals surface area contributed by atoms with E-state index in [-0.39, 0.29) is 11.5 Å². The summed E-state index contributed by atoms with van der Waals surface area (Å²) in [5.41, 5.74) is 0.189. The maximum Gasteiger partial charge on any atom is 0.338 e. The zero-order chi connectivity index (χ0) is 13.7. The molecule has 0 aliphatic carbocycles. The Morgan fingerprint density at radius 3 is 2.61 bits per heavy atom. The highest BCUT2D eigenvalue weighted by Gasteiger charge is 2.17. The number of carbonyl (C=O) groups is 2. The van der Waals surface area contributed by atoms with Crippen molar-refractivity contribution in [2.45, 2.75) is 40.0 Å². The Labute approximate surface area is 111 Å². The molecule has 0 bridgehead atoms. The van der Waals surface area contributed by atoms with Gasteiger partial charge in [-0.15, -0.1) is 11.3 Å². The van der Waals surface area contributed by atoms with Crippen molar-refractivity contribution >= 4 is 28.2 Å². The molecular weight excluding hydrogens is 250 g/mol. The summed E-state index contributed by atoms with van der Waals surface area (Å²) in [5.74, 6) is -0.801. The summed E-state index contributed by atoms with van der Waals surface area (Å²) in [6.45, 7) is 5.99. The van der Waals surface area contributed by atoms with E-state index in [1.807, 2.05) is 20.8 Å². The normalized spacial score (nSPS) is 12.2. The molecule has 18 heavy (non-hydrogen) atoms. The molecule has 1 rings (SSSR count). The Balaban J connectivity index is 2.80. The molecule has 1 unspecified atom stereocenters. The molecule has 1 aromatic heterocycles. The van der Waals surface area contributed by atoms with Crippen LogP contribution in [0.5, 0.6) is 0 Å². The topological polar surface area (TPSA) is 66.4 Å². The van der Waals surface area contributed by atoms with Gasteiger partial charge in [0.05, 0.1) is 5.56 Å². The SMILES string of the molecule is CCc1cc(C(=O)O)c(NC(=O)CC(C)CC)s1. The minimum absolute atomic E-state index is 0.114. The number of aromatic carboxylic acids is 1. The molecule has 1 heterocycles. The van der Waals surface area contributed by atoms with Gasteiger partial charge in [-0.2, -0.15) is 0 Å². The van der Waals surface area contributed by atoms with E-state index in [1.54, 1.807) is 6.07 Å². The van der Waals surface area contributed by atoms with Crippen molar-refractivity contribution in [2.24, 2.45) is 5.92 Å². The molecule has 4 nitrogen and oxygen atoms in total. The van der Waals surface area contributed by atoms with Gasteiger partial charge in [-0.25, -0.2) is 4.79 Å². The fraction of sp³-hybridized carbons (Fsp3) is 0.538. The van der Waals surface area contributed by atoms with Crippen molar-refractivity contribution in [1.29, 1.82) is 0 Å². The van der Waals surface area contributed by atoms with E-state index >= 15 is 0 Å². The average Bonchev–Trinajstić information content (AvgIpc) is 2.71. The molecule has 0 saturated carbocycles. The monoisotopic (exact) mass is 269 g/mol. The second-order valence-corrected chi connectivity index (χ2v) is 5.52. The molecule has 0 aromatic carbocycles. The number of aryl methyl sites for hydroxylation is 1. The zero-order valence-corrected chi connectivity index (χ0v) is 11.8. The number of nitrogens with one attached hydrogen (secondary N) is 1. The van der Waals surface area contributed by atoms with Crippen molar-refractivity contribution < 1.29 is 14.7 Å². The number of anilines is 1. The predicted molar refractivity (Wildman–Crippen MR) is 73.4 cm³/mol. The highest BCUT2D eigenvalue weighted by molar-refractivity contribution is 7.16. The number of amides is 1. The van der Waals surface area contributed by atoms with E-state index in [1.165, 1.54) is 11.3 Å². The highest BCUT2D eigenvalue weighted by Crippen LogP contribution is 2.29. The number of carboxylic acid groups (broad SMARTS) is 1. The molecule has 0 aliphatic rings. The van der Waals surface area contributed by atoms with Crippen molar-refractivity contribution in [2.75, 3.05) is 5.32 Å². The smallest absolute Gasteiger partial charge is 0.338 e. The second kappa shape index (κ2) is 6.54. The molecule has 0 aliphatic heterocycles. The minimum atomic E-state index is -0.996. The van der Waals surface area contributed by atoms with Crippen LogP contribution in [0.15, 0.2) is 6.07 Å². The van der Waals surface area contributed by atoms with Crippen LogP contribution in [0.3, 0.4) is 0 Å². The zero-order valence-electron chi connectivity index (χ0n) is 10.9. The molecule has 2 N–H and O–H groups in total. The average molecular weight is 269 g/mol.